The number of aliphatic hydroxyl groups excluding tert-OH is 27. The maximum Gasteiger partial charge on any atom is 0.217 e. The third-order valence-corrected chi connectivity index (χ3v) is 22.0. The average Bonchev–Trinajstić information content (AvgIpc) is 0.767. The summed E-state index contributed by atoms with van der Waals surface area (Å²) < 4.78 is 112. The largest absolute Gasteiger partial charge is 0.394 e. The van der Waals surface area contributed by atoms with Gasteiger partial charge in [-0.2, -0.15) is 0 Å². The molecule has 1 unspecified atom stereocenters. The van der Waals surface area contributed by atoms with Crippen molar-refractivity contribution in [2.24, 2.45) is 0 Å². The van der Waals surface area contributed by atoms with Crippen LogP contribution in [0.2, 0.25) is 0 Å². The van der Waals surface area contributed by atoms with Crippen molar-refractivity contribution >= 4 is 17.7 Å². The Balaban J connectivity index is 0.903. The van der Waals surface area contributed by atoms with Crippen LogP contribution in [0, 0.1) is 0 Å². The van der Waals surface area contributed by atoms with Gasteiger partial charge in [-0.1, -0.05) is 0 Å². The van der Waals surface area contributed by atoms with Crippen LogP contribution in [0.5, 0.6) is 0 Å². The molecular weight excluding hydrogens is 1620 g/mol. The maximum atomic E-state index is 13.3. The molecule has 118 heavy (non-hydrogen) atoms. The van der Waals surface area contributed by atoms with Crippen LogP contribution in [0.25, 0.3) is 0 Å². The van der Waals surface area contributed by atoms with E-state index in [1.807, 2.05) is 0 Å². The summed E-state index contributed by atoms with van der Waals surface area (Å²) >= 11 is 0. The summed E-state index contributed by atoms with van der Waals surface area (Å²) in [5.41, 5.74) is 0. The summed E-state index contributed by atoms with van der Waals surface area (Å²) in [6, 6.07) is -5.84. The number of rotatable bonds is 29. The monoisotopic (exact) mass is 1730 g/mol. The number of carbonyl (C=O) groups excluding carboxylic acids is 3. The molecule has 10 rings (SSSR count). The number of hydrogen-bond acceptors (Lipinski definition) is 49. The lowest BCUT2D eigenvalue weighted by Gasteiger charge is -2.51. The zero-order chi connectivity index (χ0) is 86.8. The third kappa shape index (κ3) is 20.8. The number of hydrogen-bond donors (Lipinski definition) is 30. The Morgan fingerprint density at radius 1 is 0.237 bits per heavy atom. The molecule has 3 amide bonds. The smallest absolute Gasteiger partial charge is 0.217 e. The molecule has 0 aromatic carbocycles. The van der Waals surface area contributed by atoms with Crippen LogP contribution in [0.1, 0.15) is 34.6 Å². The van der Waals surface area contributed by atoms with Gasteiger partial charge in [0, 0.05) is 20.8 Å². The minimum Gasteiger partial charge on any atom is -0.394 e. The highest BCUT2D eigenvalue weighted by Crippen LogP contribution is 2.41. The van der Waals surface area contributed by atoms with E-state index in [0.29, 0.717) is 0 Å². The molecule has 52 heteroatoms. The van der Waals surface area contributed by atoms with Gasteiger partial charge in [0.1, 0.15) is 232 Å². The van der Waals surface area contributed by atoms with E-state index < -0.39 is 377 Å². The van der Waals surface area contributed by atoms with Gasteiger partial charge >= 0.3 is 0 Å². The minimum atomic E-state index is -2.44. The van der Waals surface area contributed by atoms with Crippen LogP contribution in [-0.4, -0.2) is 515 Å². The summed E-state index contributed by atoms with van der Waals surface area (Å²) in [6.45, 7) is -3.53. The highest BCUT2D eigenvalue weighted by molar-refractivity contribution is 5.74. The van der Waals surface area contributed by atoms with Crippen molar-refractivity contribution in [2.75, 3.05) is 52.9 Å². The first-order chi connectivity index (χ1) is 55.8. The molecule has 10 aliphatic rings. The molecule has 0 aromatic rings. The predicted molar refractivity (Wildman–Crippen MR) is 362 cm³/mol. The summed E-state index contributed by atoms with van der Waals surface area (Å²) in [5, 5.41) is 307. The number of amides is 3. The Morgan fingerprint density at radius 3 is 0.907 bits per heavy atom. The first kappa shape index (κ1) is 96.8. The Kier molecular flexibility index (Phi) is 34.3. The maximum absolute atomic E-state index is 13.3. The van der Waals surface area contributed by atoms with Gasteiger partial charge in [0.05, 0.1) is 65.1 Å². The van der Waals surface area contributed by atoms with E-state index in [9.17, 15) is 152 Å². The Bertz CT molecular complexity index is 3140. The Hall–Kier alpha value is -3.43. The van der Waals surface area contributed by atoms with Crippen LogP contribution in [0.3, 0.4) is 0 Å². The average molecular weight is 1730 g/mol. The fourth-order valence-electron chi connectivity index (χ4n) is 15.4. The quantitative estimate of drug-likeness (QED) is 0.0331. The molecule has 50 atom stereocenters. The molecule has 10 fully saturated rings. The van der Waals surface area contributed by atoms with Crippen molar-refractivity contribution in [1.82, 2.24) is 16.0 Å². The van der Waals surface area contributed by atoms with E-state index in [-0.39, 0.29) is 0 Å². The molecule has 0 aliphatic carbocycles. The molecule has 10 saturated heterocycles. The van der Waals surface area contributed by atoms with E-state index in [2.05, 4.69) is 16.0 Å². The molecule has 52 nitrogen and oxygen atoms in total. The van der Waals surface area contributed by atoms with E-state index in [1.165, 1.54) is 13.8 Å². The fraction of sp³-hybridized carbons (Fsp3) is 0.955. The molecule has 0 bridgehead atoms. The van der Waals surface area contributed by atoms with Crippen LogP contribution in [0.4, 0.5) is 0 Å². The number of ether oxygens (including phenoxy) is 19. The molecule has 10 aliphatic heterocycles. The van der Waals surface area contributed by atoms with E-state index >= 15 is 0 Å². The summed E-state index contributed by atoms with van der Waals surface area (Å²) in [5.74, 6) is -2.89. The normalized spacial score (nSPS) is 51.1. The zero-order valence-corrected chi connectivity index (χ0v) is 63.6. The van der Waals surface area contributed by atoms with Gasteiger partial charge < -0.3 is 244 Å². The predicted octanol–water partition coefficient (Wildman–Crippen LogP) is -20.3. The molecule has 0 radical (unpaired) electrons. The summed E-state index contributed by atoms with van der Waals surface area (Å²) in [6.07, 6.45) is -95.3. The Labute approximate surface area is 668 Å². The molecule has 0 saturated carbocycles. The third-order valence-electron chi connectivity index (χ3n) is 22.0. The number of carbonyl (C=O) groups is 3. The zero-order valence-electron chi connectivity index (χ0n) is 63.6. The second-order valence-electron chi connectivity index (χ2n) is 30.2. The van der Waals surface area contributed by atoms with Crippen molar-refractivity contribution in [3.05, 3.63) is 0 Å². The molecule has 684 valence electrons. The van der Waals surface area contributed by atoms with Gasteiger partial charge in [-0.25, -0.2) is 0 Å². The lowest BCUT2D eigenvalue weighted by atomic mass is 9.93. The van der Waals surface area contributed by atoms with Crippen LogP contribution >= 0.6 is 0 Å². The molecule has 30 N–H and O–H groups in total. The molecule has 0 spiro atoms. The van der Waals surface area contributed by atoms with Gasteiger partial charge in [-0.15, -0.1) is 0 Å². The van der Waals surface area contributed by atoms with Crippen molar-refractivity contribution in [3.8, 4) is 0 Å². The van der Waals surface area contributed by atoms with Crippen molar-refractivity contribution < 1.29 is 242 Å². The second-order valence-corrected chi connectivity index (χ2v) is 30.2. The van der Waals surface area contributed by atoms with Crippen molar-refractivity contribution in [1.29, 1.82) is 0 Å². The Morgan fingerprint density at radius 2 is 0.517 bits per heavy atom. The van der Waals surface area contributed by atoms with E-state index in [1.54, 1.807) is 0 Å². The van der Waals surface area contributed by atoms with Gasteiger partial charge in [-0.3, -0.25) is 14.4 Å². The highest BCUT2D eigenvalue weighted by Gasteiger charge is 2.62. The molecular formula is C66H111N3O49. The standard InChI is InChI=1S/C66H111N3O49/c1-14-30(80)39(89)45(95)61(101-14)117-55-41(91)32(82)19(6-70)107-65(55)113-51-28(68-17(4)78)59(104-21(8-72)34(51)84)115-53-36(86)23(10-74)106-63(47(53)97)111-49-25(12-76)109-58(27(38(49)88)67-16(3)77)100-13-26-37(87)54(48(98)64(110-26)112-50-24(11-75)103-57(99)44(94)43(50)93)116-60-29(69-18(5)79)52(35(85)22(9-73)105-60)114-66-56(42(92)33(83)20(7-71)108-66)118-62-46(96)40(90)31(81)15(2)102-62/h14-15,19-66,70-76,80-99H,6-13H2,1-5H3,(H,67,77)(H,68,78)(H,69,79)/t14-,15-,19+,20+,21+,22+,23+,24+,25+,26+,27+,28+,29+,30+,31+,32-,33-,34+,35+,36-,37-,38+,39+,40+,41-,42-,43+,44+,45-,46-,47+,48+,49+,50+,51+,52+,53-,54-,55+,56+,57?,58+,59-,60-,61-,62-,63-,64-,65-,66-/m0/s1. The molecule has 10 heterocycles. The lowest BCUT2D eigenvalue weighted by Crippen LogP contribution is -2.71. The van der Waals surface area contributed by atoms with Gasteiger partial charge in [0.2, 0.25) is 17.7 Å². The topological polar surface area (TPSA) is 809 Å². The van der Waals surface area contributed by atoms with Crippen LogP contribution < -0.4 is 16.0 Å². The minimum absolute atomic E-state index is 0.927. The second kappa shape index (κ2) is 41.8. The fourth-order valence-corrected chi connectivity index (χ4v) is 15.4. The van der Waals surface area contributed by atoms with Crippen LogP contribution in [0.15, 0.2) is 0 Å². The number of nitrogens with one attached hydrogen (secondary N) is 3. The SMILES string of the molecule is CC(=O)N[C@H]1[C@H](OC[C@H]2O[C@@H](O[C@H]3[C@H](O)[C@@H](O)C(O)O[C@@H]3CO)[C@H](O)[C@@H](O[C@@H]3O[C@H](CO)[C@@H](O)[C@H](O[C@@H]4O[C@H](CO)[C@H](O)[C@H](O)[C@H]4O[C@@H]4O[C@@H](C)[C@@H](O)[C@@H](O)[C@@H]4O)[C@H]3NC(C)=O)[C@H]2O)O[C@H](CO)[C@@H](O[C@@H]2O[C@H](CO)[C@H](O)[C@H](O[C@@H]3O[C@H](CO)[C@@H](O)[C@H](O[C@@H]4O[C@H](CO)[C@H](O)[C@H](O)[C@H]4O[C@@H]4O[C@@H](C)[C@@H](O)[C@@H](O)[C@@H]4O)[C@H]3NC(C)=O)[C@H]2O)[C@@H]1O. The summed E-state index contributed by atoms with van der Waals surface area (Å²) in [4.78, 5) is 39.5. The first-order valence-electron chi connectivity index (χ1n) is 37.9. The van der Waals surface area contributed by atoms with Gasteiger partial charge in [-0.05, 0) is 13.8 Å². The highest BCUT2D eigenvalue weighted by atomic mass is 16.8. The first-order valence-corrected chi connectivity index (χ1v) is 37.9. The van der Waals surface area contributed by atoms with Crippen molar-refractivity contribution in [2.45, 2.75) is 341 Å². The van der Waals surface area contributed by atoms with E-state index in [0.717, 1.165) is 20.8 Å². The molecule has 0 aromatic heterocycles. The van der Waals surface area contributed by atoms with E-state index in [4.69, 9.17) is 90.0 Å². The number of aliphatic hydroxyl groups is 27. The summed E-state index contributed by atoms with van der Waals surface area (Å²) in [7, 11) is 0. The lowest BCUT2D eigenvalue weighted by molar-refractivity contribution is -0.392. The van der Waals surface area contributed by atoms with Crippen LogP contribution in [-0.2, 0) is 104 Å². The van der Waals surface area contributed by atoms with Crippen molar-refractivity contribution in [3.63, 3.8) is 0 Å². The van der Waals surface area contributed by atoms with Gasteiger partial charge in [0.25, 0.3) is 0 Å². The van der Waals surface area contributed by atoms with Gasteiger partial charge in [0.15, 0.2) is 62.9 Å².